The summed E-state index contributed by atoms with van der Waals surface area (Å²) in [6.45, 7) is 11.2. The summed E-state index contributed by atoms with van der Waals surface area (Å²) in [7, 11) is 0. The summed E-state index contributed by atoms with van der Waals surface area (Å²) < 4.78 is 8.02. The molecule has 0 amide bonds. The van der Waals surface area contributed by atoms with Crippen molar-refractivity contribution in [3.05, 3.63) is 11.6 Å². The molecule has 0 spiro atoms. The van der Waals surface area contributed by atoms with Crippen LogP contribution in [0.1, 0.15) is 38.3 Å². The SMILES string of the molecule is Cc1nc(C)n(CC2CCC(CNCC(C)C)O2)n1. The molecule has 1 aromatic rings. The Morgan fingerprint density at radius 1 is 1.32 bits per heavy atom. The Morgan fingerprint density at radius 3 is 2.68 bits per heavy atom. The number of nitrogens with one attached hydrogen (secondary N) is 1. The Balaban J connectivity index is 1.74. The predicted molar refractivity (Wildman–Crippen MR) is 75.1 cm³/mol. The van der Waals surface area contributed by atoms with Gasteiger partial charge >= 0.3 is 0 Å². The van der Waals surface area contributed by atoms with Gasteiger partial charge in [-0.15, -0.1) is 0 Å². The van der Waals surface area contributed by atoms with E-state index in [-0.39, 0.29) is 6.10 Å². The molecule has 1 aromatic heterocycles. The molecule has 0 saturated carbocycles. The minimum absolute atomic E-state index is 0.283. The molecule has 5 heteroatoms. The van der Waals surface area contributed by atoms with Gasteiger partial charge in [0, 0.05) is 6.54 Å². The standard InChI is InChI=1S/C14H26N4O/c1-10(2)7-15-8-13-5-6-14(19-13)9-18-12(4)16-11(3)17-18/h10,13-15H,5-9H2,1-4H3. The van der Waals surface area contributed by atoms with Gasteiger partial charge in [-0.1, -0.05) is 13.8 Å². The quantitative estimate of drug-likeness (QED) is 0.851. The molecule has 1 N–H and O–H groups in total. The van der Waals surface area contributed by atoms with Crippen molar-refractivity contribution >= 4 is 0 Å². The third-order valence-corrected chi connectivity index (χ3v) is 3.46. The van der Waals surface area contributed by atoms with Crippen LogP contribution in [0.5, 0.6) is 0 Å². The molecule has 5 nitrogen and oxygen atoms in total. The molecular formula is C14H26N4O. The highest BCUT2D eigenvalue weighted by atomic mass is 16.5. The van der Waals surface area contributed by atoms with E-state index in [9.17, 15) is 0 Å². The molecule has 1 aliphatic rings. The maximum absolute atomic E-state index is 6.06. The van der Waals surface area contributed by atoms with Gasteiger partial charge in [-0.3, -0.25) is 0 Å². The van der Waals surface area contributed by atoms with Crippen molar-refractivity contribution in [1.29, 1.82) is 0 Å². The Kier molecular flexibility index (Phi) is 4.93. The van der Waals surface area contributed by atoms with Gasteiger partial charge in [0.15, 0.2) is 0 Å². The van der Waals surface area contributed by atoms with Crippen LogP contribution in [0.15, 0.2) is 0 Å². The average Bonchev–Trinajstić information content (AvgIpc) is 2.87. The van der Waals surface area contributed by atoms with Crippen LogP contribution in [0.25, 0.3) is 0 Å². The van der Waals surface area contributed by atoms with Gasteiger partial charge in [0.2, 0.25) is 0 Å². The van der Waals surface area contributed by atoms with Gasteiger partial charge in [0.25, 0.3) is 0 Å². The fourth-order valence-electron chi connectivity index (χ4n) is 2.52. The first-order valence-corrected chi connectivity index (χ1v) is 7.29. The third kappa shape index (κ3) is 4.28. The predicted octanol–water partition coefficient (Wildman–Crippen LogP) is 1.69. The lowest BCUT2D eigenvalue weighted by Gasteiger charge is -2.15. The van der Waals surface area contributed by atoms with Crippen LogP contribution >= 0.6 is 0 Å². The smallest absolute Gasteiger partial charge is 0.147 e. The van der Waals surface area contributed by atoms with Gasteiger partial charge in [-0.05, 0) is 39.2 Å². The molecule has 0 radical (unpaired) electrons. The van der Waals surface area contributed by atoms with E-state index in [0.29, 0.717) is 12.0 Å². The summed E-state index contributed by atoms with van der Waals surface area (Å²) in [4.78, 5) is 4.33. The van der Waals surface area contributed by atoms with Crippen molar-refractivity contribution < 1.29 is 4.74 Å². The third-order valence-electron chi connectivity index (χ3n) is 3.46. The number of rotatable bonds is 6. The molecule has 108 valence electrons. The largest absolute Gasteiger partial charge is 0.372 e. The van der Waals surface area contributed by atoms with Crippen LogP contribution in [0.2, 0.25) is 0 Å². The van der Waals surface area contributed by atoms with Crippen LogP contribution in [-0.4, -0.2) is 40.1 Å². The van der Waals surface area contributed by atoms with Gasteiger partial charge < -0.3 is 10.1 Å². The Hall–Kier alpha value is -0.940. The number of ether oxygens (including phenoxy) is 1. The van der Waals surface area contributed by atoms with E-state index in [1.165, 1.54) is 0 Å². The zero-order chi connectivity index (χ0) is 13.8. The van der Waals surface area contributed by atoms with Crippen LogP contribution in [0.3, 0.4) is 0 Å². The van der Waals surface area contributed by atoms with E-state index in [2.05, 4.69) is 29.2 Å². The maximum atomic E-state index is 6.06. The van der Waals surface area contributed by atoms with Crippen molar-refractivity contribution in [3.63, 3.8) is 0 Å². The van der Waals surface area contributed by atoms with Gasteiger partial charge in [0.1, 0.15) is 11.6 Å². The van der Waals surface area contributed by atoms with E-state index in [4.69, 9.17) is 4.74 Å². The van der Waals surface area contributed by atoms with E-state index < -0.39 is 0 Å². The number of nitrogens with zero attached hydrogens (tertiary/aromatic N) is 3. The normalized spacial score (nSPS) is 23.4. The monoisotopic (exact) mass is 266 g/mol. The van der Waals surface area contributed by atoms with Gasteiger partial charge in [-0.2, -0.15) is 5.10 Å². The van der Waals surface area contributed by atoms with Crippen molar-refractivity contribution in [2.24, 2.45) is 5.92 Å². The maximum Gasteiger partial charge on any atom is 0.147 e. The molecule has 1 aliphatic heterocycles. The Bertz CT molecular complexity index is 402. The highest BCUT2D eigenvalue weighted by Crippen LogP contribution is 2.20. The first kappa shape index (κ1) is 14.5. The lowest BCUT2D eigenvalue weighted by molar-refractivity contribution is 0.0335. The molecule has 1 fully saturated rings. The number of aryl methyl sites for hydroxylation is 2. The molecule has 2 rings (SSSR count). The van der Waals surface area contributed by atoms with E-state index in [0.717, 1.165) is 44.1 Å². The molecule has 2 unspecified atom stereocenters. The summed E-state index contributed by atoms with van der Waals surface area (Å²) in [5.74, 6) is 2.51. The molecule has 1 saturated heterocycles. The molecule has 0 aliphatic carbocycles. The number of hydrogen-bond donors (Lipinski definition) is 1. The summed E-state index contributed by atoms with van der Waals surface area (Å²) in [6, 6.07) is 0. The van der Waals surface area contributed by atoms with Crippen LogP contribution < -0.4 is 5.32 Å². The van der Waals surface area contributed by atoms with Crippen LogP contribution in [0.4, 0.5) is 0 Å². The molecule has 2 atom stereocenters. The Labute approximate surface area is 115 Å². The van der Waals surface area contributed by atoms with Crippen molar-refractivity contribution in [1.82, 2.24) is 20.1 Å². The molecule has 0 aromatic carbocycles. The second-order valence-corrected chi connectivity index (χ2v) is 5.90. The molecule has 19 heavy (non-hydrogen) atoms. The first-order valence-electron chi connectivity index (χ1n) is 7.29. The van der Waals surface area contributed by atoms with E-state index >= 15 is 0 Å². The minimum atomic E-state index is 0.283. The minimum Gasteiger partial charge on any atom is -0.372 e. The first-order chi connectivity index (χ1) is 9.04. The summed E-state index contributed by atoms with van der Waals surface area (Å²) in [6.07, 6.45) is 2.90. The summed E-state index contributed by atoms with van der Waals surface area (Å²) in [5, 5.41) is 7.86. The topological polar surface area (TPSA) is 52.0 Å². The lowest BCUT2D eigenvalue weighted by atomic mass is 10.2. The van der Waals surface area contributed by atoms with Crippen LogP contribution in [0, 0.1) is 19.8 Å². The molecule has 0 bridgehead atoms. The molecule has 2 heterocycles. The average molecular weight is 266 g/mol. The van der Waals surface area contributed by atoms with E-state index in [1.807, 2.05) is 18.5 Å². The summed E-state index contributed by atoms with van der Waals surface area (Å²) in [5.41, 5.74) is 0. The number of aromatic nitrogens is 3. The lowest BCUT2D eigenvalue weighted by Crippen LogP contribution is -2.30. The molecular weight excluding hydrogens is 240 g/mol. The Morgan fingerprint density at radius 2 is 2.05 bits per heavy atom. The van der Waals surface area contributed by atoms with Crippen molar-refractivity contribution in [2.45, 2.75) is 59.3 Å². The zero-order valence-corrected chi connectivity index (χ0v) is 12.5. The van der Waals surface area contributed by atoms with E-state index in [1.54, 1.807) is 0 Å². The fraction of sp³-hybridized carbons (Fsp3) is 0.857. The highest BCUT2D eigenvalue weighted by molar-refractivity contribution is 4.89. The fourth-order valence-corrected chi connectivity index (χ4v) is 2.52. The second-order valence-electron chi connectivity index (χ2n) is 5.90. The van der Waals surface area contributed by atoms with Gasteiger partial charge in [0.05, 0.1) is 18.8 Å². The van der Waals surface area contributed by atoms with Crippen LogP contribution in [-0.2, 0) is 11.3 Å². The van der Waals surface area contributed by atoms with Gasteiger partial charge in [-0.25, -0.2) is 9.67 Å². The highest BCUT2D eigenvalue weighted by Gasteiger charge is 2.25. The van der Waals surface area contributed by atoms with Crippen molar-refractivity contribution in [3.8, 4) is 0 Å². The number of hydrogen-bond acceptors (Lipinski definition) is 4. The van der Waals surface area contributed by atoms with Crippen molar-refractivity contribution in [2.75, 3.05) is 13.1 Å². The second kappa shape index (κ2) is 6.48. The zero-order valence-electron chi connectivity index (χ0n) is 12.5. The summed E-state index contributed by atoms with van der Waals surface area (Å²) >= 11 is 0.